The Morgan fingerprint density at radius 2 is 1.05 bits per heavy atom. The van der Waals surface area contributed by atoms with Crippen LogP contribution in [0.5, 0.6) is 0 Å². The Hall–Kier alpha value is -7.50. The van der Waals surface area contributed by atoms with E-state index < -0.39 is 0 Å². The second-order valence-electron chi connectivity index (χ2n) is 14.2. The van der Waals surface area contributed by atoms with E-state index in [9.17, 15) is 0 Å². The molecular formula is C50H30N4O. The molecule has 0 saturated carbocycles. The molecule has 256 valence electrons. The van der Waals surface area contributed by atoms with E-state index in [0.29, 0.717) is 5.65 Å². The predicted molar refractivity (Wildman–Crippen MR) is 226 cm³/mol. The van der Waals surface area contributed by atoms with Crippen LogP contribution in [0.2, 0.25) is 0 Å². The van der Waals surface area contributed by atoms with Crippen molar-refractivity contribution >= 4 is 76.6 Å². The van der Waals surface area contributed by atoms with Gasteiger partial charge in [-0.1, -0.05) is 103 Å². The zero-order valence-corrected chi connectivity index (χ0v) is 29.5. The minimum atomic E-state index is 0.699. The van der Waals surface area contributed by atoms with Gasteiger partial charge >= 0.3 is 0 Å². The van der Waals surface area contributed by atoms with Gasteiger partial charge in [0, 0.05) is 49.6 Å². The van der Waals surface area contributed by atoms with E-state index in [0.717, 1.165) is 66.6 Å². The maximum absolute atomic E-state index is 6.32. The lowest BCUT2D eigenvalue weighted by Gasteiger charge is -2.13. The first kappa shape index (κ1) is 30.0. The molecule has 0 saturated heterocycles. The zero-order valence-electron chi connectivity index (χ0n) is 29.5. The third-order valence-electron chi connectivity index (χ3n) is 11.2. The van der Waals surface area contributed by atoms with Crippen LogP contribution in [-0.2, 0) is 0 Å². The van der Waals surface area contributed by atoms with Gasteiger partial charge in [0.2, 0.25) is 0 Å². The molecule has 0 unspecified atom stereocenters. The number of aromatic nitrogens is 4. The molecule has 0 radical (unpaired) electrons. The van der Waals surface area contributed by atoms with E-state index in [1.165, 1.54) is 38.1 Å². The van der Waals surface area contributed by atoms with Crippen LogP contribution in [-0.4, -0.2) is 19.1 Å². The van der Waals surface area contributed by atoms with Crippen molar-refractivity contribution in [3.05, 3.63) is 182 Å². The number of nitrogens with zero attached hydrogens (tertiary/aromatic N) is 4. The first-order valence-electron chi connectivity index (χ1n) is 18.6. The fraction of sp³-hybridized carbons (Fsp3) is 0. The summed E-state index contributed by atoms with van der Waals surface area (Å²) in [7, 11) is 0. The summed E-state index contributed by atoms with van der Waals surface area (Å²) in [5, 5.41) is 8.02. The normalized spacial score (nSPS) is 12.0. The molecule has 55 heavy (non-hydrogen) atoms. The highest BCUT2D eigenvalue weighted by atomic mass is 16.3. The van der Waals surface area contributed by atoms with Gasteiger partial charge in [-0.2, -0.15) is 0 Å². The monoisotopic (exact) mass is 702 g/mol. The molecule has 0 spiro atoms. The quantitative estimate of drug-likeness (QED) is 0.183. The Morgan fingerprint density at radius 1 is 0.400 bits per heavy atom. The van der Waals surface area contributed by atoms with Crippen LogP contribution in [0.15, 0.2) is 187 Å². The van der Waals surface area contributed by atoms with Gasteiger partial charge in [-0.05, 0) is 95.1 Å². The molecule has 12 aromatic rings. The van der Waals surface area contributed by atoms with Gasteiger partial charge in [-0.15, -0.1) is 0 Å². The third kappa shape index (κ3) is 4.41. The van der Waals surface area contributed by atoms with E-state index >= 15 is 0 Å². The summed E-state index contributed by atoms with van der Waals surface area (Å²) in [4.78, 5) is 10.0. The van der Waals surface area contributed by atoms with Crippen molar-refractivity contribution < 1.29 is 4.42 Å². The summed E-state index contributed by atoms with van der Waals surface area (Å²) < 4.78 is 11.0. The number of fused-ring (bicyclic) bond motifs is 10. The maximum Gasteiger partial charge on any atom is 0.162 e. The summed E-state index contributed by atoms with van der Waals surface area (Å²) in [6.07, 6.45) is 1.82. The van der Waals surface area contributed by atoms with E-state index in [1.807, 2.05) is 30.5 Å². The minimum absolute atomic E-state index is 0.699. The number of hydrogen-bond acceptors (Lipinski definition) is 3. The van der Waals surface area contributed by atoms with Crippen LogP contribution >= 0.6 is 0 Å². The Balaban J connectivity index is 1.08. The van der Waals surface area contributed by atoms with Gasteiger partial charge in [-0.3, -0.25) is 4.57 Å². The Bertz CT molecular complexity index is 3500. The highest BCUT2D eigenvalue weighted by Gasteiger charge is 2.20. The molecule has 0 atom stereocenters. The molecule has 0 aliphatic rings. The molecule has 0 N–H and O–H groups in total. The summed E-state index contributed by atoms with van der Waals surface area (Å²) in [5.74, 6) is 0.818. The number of pyridine rings is 2. The van der Waals surface area contributed by atoms with Crippen molar-refractivity contribution in [1.82, 2.24) is 19.1 Å². The SMILES string of the molecule is c1ccc(-n2c3ccccc3c3ccc(-c4ccc5c(c4)c4ccccc4n5-c4cc(-c5cccc6oc7ccccc7c56)c5cccnc5n4)cc32)cc1. The predicted octanol–water partition coefficient (Wildman–Crippen LogP) is 13.1. The molecule has 0 amide bonds. The van der Waals surface area contributed by atoms with Crippen molar-refractivity contribution in [1.29, 1.82) is 0 Å². The van der Waals surface area contributed by atoms with Crippen molar-refractivity contribution in [2.24, 2.45) is 0 Å². The second-order valence-corrected chi connectivity index (χ2v) is 14.2. The molecule has 12 rings (SSSR count). The lowest BCUT2D eigenvalue weighted by atomic mass is 9.97. The van der Waals surface area contributed by atoms with Crippen LogP contribution in [0.3, 0.4) is 0 Å². The lowest BCUT2D eigenvalue weighted by molar-refractivity contribution is 0.669. The van der Waals surface area contributed by atoms with Crippen LogP contribution in [0, 0.1) is 0 Å². The number of furan rings is 1. The molecule has 7 aromatic carbocycles. The number of hydrogen-bond donors (Lipinski definition) is 0. The van der Waals surface area contributed by atoms with Crippen molar-refractivity contribution in [2.45, 2.75) is 0 Å². The Kier molecular flexibility index (Phi) is 6.27. The number of benzene rings is 7. The number of rotatable bonds is 4. The van der Waals surface area contributed by atoms with Crippen molar-refractivity contribution in [3.63, 3.8) is 0 Å². The highest BCUT2D eigenvalue weighted by Crippen LogP contribution is 2.42. The summed E-state index contributed by atoms with van der Waals surface area (Å²) >= 11 is 0. The summed E-state index contributed by atoms with van der Waals surface area (Å²) in [6, 6.07) is 62.5. The minimum Gasteiger partial charge on any atom is -0.456 e. The molecule has 5 nitrogen and oxygen atoms in total. The van der Waals surface area contributed by atoms with Crippen LogP contribution in [0.4, 0.5) is 0 Å². The summed E-state index contributed by atoms with van der Waals surface area (Å²) in [6.45, 7) is 0. The van der Waals surface area contributed by atoms with Gasteiger partial charge < -0.3 is 8.98 Å². The van der Waals surface area contributed by atoms with E-state index in [4.69, 9.17) is 14.4 Å². The van der Waals surface area contributed by atoms with Crippen molar-refractivity contribution in [3.8, 4) is 33.8 Å². The molecule has 0 aliphatic heterocycles. The molecule has 5 heterocycles. The van der Waals surface area contributed by atoms with E-state index in [2.05, 4.69) is 161 Å². The first-order valence-corrected chi connectivity index (χ1v) is 18.6. The van der Waals surface area contributed by atoms with E-state index in [-0.39, 0.29) is 0 Å². The molecule has 0 fully saturated rings. The van der Waals surface area contributed by atoms with Gasteiger partial charge in [0.1, 0.15) is 17.0 Å². The van der Waals surface area contributed by atoms with Crippen molar-refractivity contribution in [2.75, 3.05) is 0 Å². The van der Waals surface area contributed by atoms with Gasteiger partial charge in [0.05, 0.1) is 22.1 Å². The van der Waals surface area contributed by atoms with Crippen LogP contribution < -0.4 is 0 Å². The van der Waals surface area contributed by atoms with E-state index in [1.54, 1.807) is 0 Å². The average Bonchev–Trinajstić information content (AvgIpc) is 3.91. The third-order valence-corrected chi connectivity index (χ3v) is 11.2. The molecule has 0 bridgehead atoms. The average molecular weight is 703 g/mol. The molecule has 5 aromatic heterocycles. The first-order chi connectivity index (χ1) is 27.3. The number of para-hydroxylation sites is 4. The molecule has 5 heteroatoms. The zero-order chi connectivity index (χ0) is 36.0. The van der Waals surface area contributed by atoms with Crippen LogP contribution in [0.25, 0.3) is 110 Å². The van der Waals surface area contributed by atoms with Gasteiger partial charge in [-0.25, -0.2) is 9.97 Å². The Labute approximate surface area is 315 Å². The lowest BCUT2D eigenvalue weighted by Crippen LogP contribution is -2.00. The Morgan fingerprint density at radius 3 is 1.93 bits per heavy atom. The smallest absolute Gasteiger partial charge is 0.162 e. The topological polar surface area (TPSA) is 48.8 Å². The second kappa shape index (κ2) is 11.5. The van der Waals surface area contributed by atoms with Gasteiger partial charge in [0.15, 0.2) is 5.65 Å². The fourth-order valence-corrected chi connectivity index (χ4v) is 8.79. The fourth-order valence-electron chi connectivity index (χ4n) is 8.79. The van der Waals surface area contributed by atoms with Crippen LogP contribution in [0.1, 0.15) is 0 Å². The highest BCUT2D eigenvalue weighted by molar-refractivity contribution is 6.16. The molecular weight excluding hydrogens is 673 g/mol. The molecule has 0 aliphatic carbocycles. The standard InChI is InChI=1S/C50H30N4O/c1-2-12-33(13-3-1)53-42-19-7-4-14-34(42)36-25-23-32(29-45(36)53)31-24-26-44-41(28-31)35-15-5-8-20-43(35)54(44)48-30-40(38-18-11-27-51-50(38)52-48)37-17-10-22-47-49(37)39-16-6-9-21-46(39)55-47/h1-30H. The summed E-state index contributed by atoms with van der Waals surface area (Å²) in [5.41, 5.74) is 12.6. The van der Waals surface area contributed by atoms with Gasteiger partial charge in [0.25, 0.3) is 0 Å². The maximum atomic E-state index is 6.32. The largest absolute Gasteiger partial charge is 0.456 e.